The van der Waals surface area contributed by atoms with Crippen molar-refractivity contribution in [3.63, 3.8) is 0 Å². The second-order valence-electron chi connectivity index (χ2n) is 2.62. The van der Waals surface area contributed by atoms with Gasteiger partial charge in [-0.25, -0.2) is 4.79 Å². The van der Waals surface area contributed by atoms with Crippen LogP contribution >= 0.6 is 11.8 Å². The highest BCUT2D eigenvalue weighted by molar-refractivity contribution is 7.98. The molecule has 0 atom stereocenters. The summed E-state index contributed by atoms with van der Waals surface area (Å²) in [5.74, 6) is -0.270. The van der Waals surface area contributed by atoms with Crippen molar-refractivity contribution in [1.29, 1.82) is 0 Å². The minimum absolute atomic E-state index is 0.270. The average molecular weight is 196 g/mol. The second-order valence-corrected chi connectivity index (χ2v) is 3.47. The molecular weight excluding hydrogens is 184 g/mol. The zero-order valence-corrected chi connectivity index (χ0v) is 8.77. The lowest BCUT2D eigenvalue weighted by Gasteiger charge is -2.06. The number of methoxy groups -OCH3 is 1. The summed E-state index contributed by atoms with van der Waals surface area (Å²) >= 11 is 1.63. The Bertz CT molecular complexity index is 321. The summed E-state index contributed by atoms with van der Waals surface area (Å²) in [5.41, 5.74) is 1.64. The molecule has 2 nitrogen and oxygen atoms in total. The first-order valence-corrected chi connectivity index (χ1v) is 5.15. The van der Waals surface area contributed by atoms with Gasteiger partial charge in [0.1, 0.15) is 0 Å². The van der Waals surface area contributed by atoms with Crippen molar-refractivity contribution in [2.45, 2.75) is 11.8 Å². The minimum Gasteiger partial charge on any atom is -0.465 e. The number of ether oxygens (including phenoxy) is 1. The zero-order valence-electron chi connectivity index (χ0n) is 7.96. The highest BCUT2D eigenvalue weighted by Crippen LogP contribution is 2.22. The summed E-state index contributed by atoms with van der Waals surface area (Å²) in [6.45, 7) is 1.93. The van der Waals surface area contributed by atoms with Crippen LogP contribution in [0.5, 0.6) is 0 Å². The smallest absolute Gasteiger partial charge is 0.338 e. The fourth-order valence-electron chi connectivity index (χ4n) is 1.17. The van der Waals surface area contributed by atoms with Gasteiger partial charge in [-0.05, 0) is 30.9 Å². The molecular formula is C10H12O2S. The van der Waals surface area contributed by atoms with E-state index in [0.717, 1.165) is 10.5 Å². The van der Waals surface area contributed by atoms with Crippen LogP contribution in [0, 0.1) is 6.92 Å². The summed E-state index contributed by atoms with van der Waals surface area (Å²) in [4.78, 5) is 12.4. The number of benzene rings is 1. The molecule has 0 spiro atoms. The summed E-state index contributed by atoms with van der Waals surface area (Å²) in [7, 11) is 1.40. The fourth-order valence-corrected chi connectivity index (χ4v) is 1.80. The number of thioether (sulfide) groups is 1. The number of hydrogen-bond acceptors (Lipinski definition) is 3. The van der Waals surface area contributed by atoms with Gasteiger partial charge in [-0.2, -0.15) is 0 Å². The third-order valence-corrected chi connectivity index (χ3v) is 2.79. The van der Waals surface area contributed by atoms with Crippen molar-refractivity contribution in [2.24, 2.45) is 0 Å². The highest BCUT2D eigenvalue weighted by Gasteiger charge is 2.10. The Morgan fingerprint density at radius 2 is 2.15 bits per heavy atom. The monoisotopic (exact) mass is 196 g/mol. The van der Waals surface area contributed by atoms with Crippen LogP contribution in [0.2, 0.25) is 0 Å². The van der Waals surface area contributed by atoms with E-state index in [1.165, 1.54) is 7.11 Å². The number of esters is 1. The van der Waals surface area contributed by atoms with Gasteiger partial charge in [0.2, 0.25) is 0 Å². The van der Waals surface area contributed by atoms with Crippen LogP contribution < -0.4 is 0 Å². The van der Waals surface area contributed by atoms with Gasteiger partial charge in [0, 0.05) is 4.90 Å². The van der Waals surface area contributed by atoms with Crippen LogP contribution in [0.1, 0.15) is 15.9 Å². The number of hydrogen-bond donors (Lipinski definition) is 0. The van der Waals surface area contributed by atoms with Crippen LogP contribution in [-0.2, 0) is 4.74 Å². The molecule has 0 unspecified atom stereocenters. The van der Waals surface area contributed by atoms with Crippen LogP contribution in [0.4, 0.5) is 0 Å². The summed E-state index contributed by atoms with van der Waals surface area (Å²) in [6.07, 6.45) is 1.99. The zero-order chi connectivity index (χ0) is 9.84. The minimum atomic E-state index is -0.270. The topological polar surface area (TPSA) is 26.3 Å². The lowest BCUT2D eigenvalue weighted by molar-refractivity contribution is 0.0599. The standard InChI is InChI=1S/C10H12O2S/c1-7-8(10(11)12-2)5-4-6-9(7)13-3/h4-6H,1-3H3. The number of rotatable bonds is 2. The largest absolute Gasteiger partial charge is 0.465 e. The first kappa shape index (κ1) is 10.1. The molecule has 1 aromatic rings. The molecule has 0 fully saturated rings. The fraction of sp³-hybridized carbons (Fsp3) is 0.300. The van der Waals surface area contributed by atoms with Crippen molar-refractivity contribution in [1.82, 2.24) is 0 Å². The van der Waals surface area contributed by atoms with Gasteiger partial charge in [0.25, 0.3) is 0 Å². The third-order valence-electron chi connectivity index (χ3n) is 1.91. The van der Waals surface area contributed by atoms with E-state index in [9.17, 15) is 4.79 Å². The van der Waals surface area contributed by atoms with Gasteiger partial charge in [0.15, 0.2) is 0 Å². The number of carbonyl (C=O) groups is 1. The van der Waals surface area contributed by atoms with Crippen molar-refractivity contribution in [2.75, 3.05) is 13.4 Å². The molecule has 0 saturated carbocycles. The third kappa shape index (κ3) is 2.04. The molecule has 0 aromatic heterocycles. The maximum absolute atomic E-state index is 11.3. The molecule has 0 aliphatic carbocycles. The van der Waals surface area contributed by atoms with E-state index in [-0.39, 0.29) is 5.97 Å². The van der Waals surface area contributed by atoms with E-state index in [1.54, 1.807) is 17.8 Å². The molecule has 0 aliphatic rings. The van der Waals surface area contributed by atoms with E-state index in [1.807, 2.05) is 25.3 Å². The van der Waals surface area contributed by atoms with Gasteiger partial charge < -0.3 is 4.74 Å². The first-order valence-electron chi connectivity index (χ1n) is 3.92. The van der Waals surface area contributed by atoms with Crippen LogP contribution in [0.15, 0.2) is 23.1 Å². The van der Waals surface area contributed by atoms with E-state index in [0.29, 0.717) is 5.56 Å². The SMILES string of the molecule is COC(=O)c1cccc(SC)c1C. The van der Waals surface area contributed by atoms with E-state index < -0.39 is 0 Å². The summed E-state index contributed by atoms with van der Waals surface area (Å²) in [6, 6.07) is 5.64. The van der Waals surface area contributed by atoms with Crippen molar-refractivity contribution in [3.05, 3.63) is 29.3 Å². The predicted octanol–water partition coefficient (Wildman–Crippen LogP) is 2.50. The van der Waals surface area contributed by atoms with Gasteiger partial charge in [-0.1, -0.05) is 6.07 Å². The first-order chi connectivity index (χ1) is 6.20. The van der Waals surface area contributed by atoms with Crippen LogP contribution in [-0.4, -0.2) is 19.3 Å². The second kappa shape index (κ2) is 4.33. The van der Waals surface area contributed by atoms with Gasteiger partial charge in [-0.3, -0.25) is 0 Å². The Labute approximate surface area is 82.3 Å². The molecule has 70 valence electrons. The number of carbonyl (C=O) groups excluding carboxylic acids is 1. The van der Waals surface area contributed by atoms with Gasteiger partial charge in [-0.15, -0.1) is 11.8 Å². The average Bonchev–Trinajstić information content (AvgIpc) is 2.17. The molecule has 0 bridgehead atoms. The van der Waals surface area contributed by atoms with Crippen molar-refractivity contribution < 1.29 is 9.53 Å². The van der Waals surface area contributed by atoms with Crippen LogP contribution in [0.25, 0.3) is 0 Å². The van der Waals surface area contributed by atoms with E-state index in [4.69, 9.17) is 0 Å². The van der Waals surface area contributed by atoms with E-state index >= 15 is 0 Å². The Morgan fingerprint density at radius 1 is 1.46 bits per heavy atom. The quantitative estimate of drug-likeness (QED) is 0.537. The van der Waals surface area contributed by atoms with Crippen molar-refractivity contribution in [3.8, 4) is 0 Å². The van der Waals surface area contributed by atoms with Crippen molar-refractivity contribution >= 4 is 17.7 Å². The molecule has 0 heterocycles. The van der Waals surface area contributed by atoms with Gasteiger partial charge in [0.05, 0.1) is 12.7 Å². The normalized spacial score (nSPS) is 9.77. The molecule has 0 saturated heterocycles. The molecule has 0 amide bonds. The molecule has 0 aliphatic heterocycles. The predicted molar refractivity (Wildman–Crippen MR) is 54.3 cm³/mol. The molecule has 13 heavy (non-hydrogen) atoms. The Hall–Kier alpha value is -0.960. The lowest BCUT2D eigenvalue weighted by Crippen LogP contribution is -2.04. The Balaban J connectivity index is 3.15. The lowest BCUT2D eigenvalue weighted by atomic mass is 10.1. The highest BCUT2D eigenvalue weighted by atomic mass is 32.2. The van der Waals surface area contributed by atoms with Gasteiger partial charge >= 0.3 is 5.97 Å². The Morgan fingerprint density at radius 3 is 2.69 bits per heavy atom. The summed E-state index contributed by atoms with van der Waals surface area (Å²) in [5, 5.41) is 0. The van der Waals surface area contributed by atoms with Crippen LogP contribution in [0.3, 0.4) is 0 Å². The Kier molecular flexibility index (Phi) is 3.37. The van der Waals surface area contributed by atoms with E-state index in [2.05, 4.69) is 4.74 Å². The molecule has 0 radical (unpaired) electrons. The summed E-state index contributed by atoms with van der Waals surface area (Å²) < 4.78 is 4.67. The molecule has 1 rings (SSSR count). The molecule has 3 heteroatoms. The molecule has 0 N–H and O–H groups in total. The maximum Gasteiger partial charge on any atom is 0.338 e. The molecule has 1 aromatic carbocycles. The maximum atomic E-state index is 11.3.